The van der Waals surface area contributed by atoms with Gasteiger partial charge in [-0.1, -0.05) is 0 Å². The number of carbonyl (C=O) groups is 2. The fourth-order valence-electron chi connectivity index (χ4n) is 0.955. The smallest absolute Gasteiger partial charge is 0.408 e. The van der Waals surface area contributed by atoms with Crippen molar-refractivity contribution in [3.8, 4) is 0 Å². The number of rotatable bonds is 7. The van der Waals surface area contributed by atoms with Gasteiger partial charge in [0.25, 0.3) is 0 Å². The Morgan fingerprint density at radius 1 is 1.39 bits per heavy atom. The molecule has 0 fully saturated rings. The zero-order valence-electron chi connectivity index (χ0n) is 10.9. The third kappa shape index (κ3) is 9.08. The largest absolute Gasteiger partial charge is 0.480 e. The van der Waals surface area contributed by atoms with Crippen molar-refractivity contribution in [3.63, 3.8) is 0 Å². The van der Waals surface area contributed by atoms with E-state index < -0.39 is 23.7 Å². The summed E-state index contributed by atoms with van der Waals surface area (Å²) >= 11 is 1.00. The summed E-state index contributed by atoms with van der Waals surface area (Å²) in [5, 5.41) is 11.2. The van der Waals surface area contributed by atoms with E-state index in [9.17, 15) is 9.59 Å². The maximum absolute atomic E-state index is 11.4. The molecule has 0 aliphatic rings. The highest BCUT2D eigenvalue weighted by Gasteiger charge is 2.23. The number of ether oxygens (including phenoxy) is 1. The highest BCUT2D eigenvalue weighted by atomic mass is 32.2. The molecule has 0 aromatic heterocycles. The van der Waals surface area contributed by atoms with Gasteiger partial charge in [-0.05, 0) is 20.8 Å². The lowest BCUT2D eigenvalue weighted by molar-refractivity contribution is -0.192. The molecule has 8 heteroatoms. The molecule has 1 atom stereocenters. The van der Waals surface area contributed by atoms with Crippen LogP contribution in [-0.2, 0) is 18.8 Å². The zero-order valence-corrected chi connectivity index (χ0v) is 11.7. The number of carboxylic acid groups (broad SMARTS) is 1. The minimum Gasteiger partial charge on any atom is -0.480 e. The summed E-state index contributed by atoms with van der Waals surface area (Å²) in [5.41, 5.74) is -0.675. The first-order chi connectivity index (χ1) is 8.26. The number of aliphatic carboxylic acids is 1. The van der Waals surface area contributed by atoms with Gasteiger partial charge in [0, 0.05) is 24.7 Å². The van der Waals surface area contributed by atoms with Crippen molar-refractivity contribution < 1.29 is 28.7 Å². The van der Waals surface area contributed by atoms with E-state index >= 15 is 0 Å². The average Bonchev–Trinajstić information content (AvgIpc) is 2.19. The molecule has 106 valence electrons. The molecule has 0 aliphatic carbocycles. The second-order valence-corrected chi connectivity index (χ2v) is 4.85. The van der Waals surface area contributed by atoms with Crippen LogP contribution in [0.3, 0.4) is 0 Å². The van der Waals surface area contributed by atoms with Crippen LogP contribution in [0.1, 0.15) is 27.2 Å². The predicted molar refractivity (Wildman–Crippen MR) is 66.0 cm³/mol. The molecule has 0 radical (unpaired) electrons. The lowest BCUT2D eigenvalue weighted by Gasteiger charge is -2.21. The second kappa shape index (κ2) is 8.17. The van der Waals surface area contributed by atoms with Crippen LogP contribution in [0, 0.1) is 0 Å². The molecule has 18 heavy (non-hydrogen) atoms. The quantitative estimate of drug-likeness (QED) is 0.316. The maximum Gasteiger partial charge on any atom is 0.408 e. The van der Waals surface area contributed by atoms with Crippen molar-refractivity contribution in [3.05, 3.63) is 0 Å². The minimum atomic E-state index is -1.16. The van der Waals surface area contributed by atoms with Crippen LogP contribution in [0.15, 0.2) is 0 Å². The summed E-state index contributed by atoms with van der Waals surface area (Å²) in [6, 6.07) is -1.08. The summed E-state index contributed by atoms with van der Waals surface area (Å²) in [7, 11) is 0. The zero-order chi connectivity index (χ0) is 14.2. The highest BCUT2D eigenvalue weighted by molar-refractivity contribution is 7.93. The Morgan fingerprint density at radius 2 is 2.00 bits per heavy atom. The van der Waals surface area contributed by atoms with E-state index in [1.54, 1.807) is 27.0 Å². The summed E-state index contributed by atoms with van der Waals surface area (Å²) in [4.78, 5) is 26.9. The third-order valence-electron chi connectivity index (χ3n) is 1.60. The van der Waals surface area contributed by atoms with E-state index in [-0.39, 0.29) is 13.0 Å². The van der Waals surface area contributed by atoms with Gasteiger partial charge in [-0.15, -0.1) is 0 Å². The number of carboxylic acids is 1. The number of carbonyl (C=O) groups excluding carboxylic acids is 1. The first-order valence-electron chi connectivity index (χ1n) is 5.31. The molecule has 1 unspecified atom stereocenters. The molecule has 0 saturated heterocycles. The van der Waals surface area contributed by atoms with E-state index in [0.717, 1.165) is 12.0 Å². The van der Waals surface area contributed by atoms with Crippen LogP contribution in [0.25, 0.3) is 0 Å². The summed E-state index contributed by atoms with van der Waals surface area (Å²) < 4.78 is 9.49. The summed E-state index contributed by atoms with van der Waals surface area (Å²) in [6.45, 7) is 5.13. The lowest BCUT2D eigenvalue weighted by Crippen LogP contribution is -2.44. The van der Waals surface area contributed by atoms with Crippen molar-refractivity contribution in [1.82, 2.24) is 5.32 Å². The van der Waals surface area contributed by atoms with E-state index in [1.807, 2.05) is 0 Å². The molecule has 0 aromatic carbocycles. The highest BCUT2D eigenvalue weighted by Crippen LogP contribution is 2.07. The molecule has 0 bridgehead atoms. The topological polar surface area (TPSA) is 94.1 Å². The number of hydrogen-bond acceptors (Lipinski definition) is 6. The molecular formula is C10H19NO6S. The van der Waals surface area contributed by atoms with Gasteiger partial charge in [-0.2, -0.15) is 4.33 Å². The van der Waals surface area contributed by atoms with Gasteiger partial charge in [0.2, 0.25) is 0 Å². The lowest BCUT2D eigenvalue weighted by atomic mass is 10.2. The standard InChI is InChI=1S/C10H19NO6S/c1-10(2,3)16-9(14)11-7(8(12)13)5-6-15-17-18-4/h7H,5-6H2,1-4H3,(H,11,14)(H,12,13). The predicted octanol–water partition coefficient (Wildman–Crippen LogP) is 1.58. The average molecular weight is 281 g/mol. The first kappa shape index (κ1) is 17.0. The van der Waals surface area contributed by atoms with Crippen molar-refractivity contribution >= 4 is 24.1 Å². The van der Waals surface area contributed by atoms with Crippen LogP contribution >= 0.6 is 12.0 Å². The molecule has 0 spiro atoms. The van der Waals surface area contributed by atoms with Gasteiger partial charge in [-0.25, -0.2) is 14.5 Å². The molecule has 1 amide bonds. The van der Waals surface area contributed by atoms with Crippen LogP contribution in [0.4, 0.5) is 4.79 Å². The molecule has 7 nitrogen and oxygen atoms in total. The fraction of sp³-hybridized carbons (Fsp3) is 0.800. The van der Waals surface area contributed by atoms with Crippen molar-refractivity contribution in [1.29, 1.82) is 0 Å². The van der Waals surface area contributed by atoms with Gasteiger partial charge in [0.05, 0.1) is 6.61 Å². The number of hydrogen-bond donors (Lipinski definition) is 2. The van der Waals surface area contributed by atoms with Crippen molar-refractivity contribution in [2.75, 3.05) is 12.9 Å². The van der Waals surface area contributed by atoms with Crippen molar-refractivity contribution in [2.45, 2.75) is 38.8 Å². The SMILES string of the molecule is CSOOCCC(NC(=O)OC(C)(C)C)C(=O)O. The van der Waals surface area contributed by atoms with E-state index in [4.69, 9.17) is 9.84 Å². The Balaban J connectivity index is 4.11. The molecule has 0 aromatic rings. The van der Waals surface area contributed by atoms with Crippen molar-refractivity contribution in [2.24, 2.45) is 0 Å². The Hall–Kier alpha value is -0.990. The Bertz CT molecular complexity index is 278. The van der Waals surface area contributed by atoms with Gasteiger partial charge >= 0.3 is 12.1 Å². The van der Waals surface area contributed by atoms with Crippen LogP contribution < -0.4 is 5.32 Å². The van der Waals surface area contributed by atoms with Gasteiger partial charge in [-0.3, -0.25) is 0 Å². The van der Waals surface area contributed by atoms with Gasteiger partial charge in [0.15, 0.2) is 0 Å². The molecular weight excluding hydrogens is 262 g/mol. The Kier molecular flexibility index (Phi) is 7.72. The third-order valence-corrected chi connectivity index (χ3v) is 1.83. The molecule has 0 saturated carbocycles. The summed E-state index contributed by atoms with van der Waals surface area (Å²) in [5.74, 6) is -1.16. The van der Waals surface area contributed by atoms with Crippen LogP contribution in [-0.4, -0.2) is 41.7 Å². The molecule has 2 N–H and O–H groups in total. The number of amides is 1. The summed E-state index contributed by atoms with van der Waals surface area (Å²) in [6.07, 6.45) is 0.962. The fourth-order valence-corrected chi connectivity index (χ4v) is 1.12. The Labute approximate surface area is 110 Å². The number of alkyl carbamates (subject to hydrolysis) is 1. The van der Waals surface area contributed by atoms with Gasteiger partial charge < -0.3 is 15.2 Å². The number of nitrogens with one attached hydrogen (secondary N) is 1. The molecule has 0 heterocycles. The van der Waals surface area contributed by atoms with E-state index in [1.165, 1.54) is 0 Å². The normalized spacial score (nSPS) is 12.9. The first-order valence-corrected chi connectivity index (χ1v) is 6.46. The molecule has 0 rings (SSSR count). The second-order valence-electron chi connectivity index (χ2n) is 4.38. The minimum absolute atomic E-state index is 0.0492. The van der Waals surface area contributed by atoms with Crippen LogP contribution in [0.2, 0.25) is 0 Å². The maximum atomic E-state index is 11.4. The monoisotopic (exact) mass is 281 g/mol. The van der Waals surface area contributed by atoms with Crippen LogP contribution in [0.5, 0.6) is 0 Å². The molecule has 0 aliphatic heterocycles. The Morgan fingerprint density at radius 3 is 2.44 bits per heavy atom. The van der Waals surface area contributed by atoms with E-state index in [2.05, 4.69) is 14.5 Å². The van der Waals surface area contributed by atoms with E-state index in [0.29, 0.717) is 0 Å². The van der Waals surface area contributed by atoms with Gasteiger partial charge in [0.1, 0.15) is 11.6 Å².